The van der Waals surface area contributed by atoms with Crippen molar-refractivity contribution in [3.8, 4) is 67.3 Å². The average molecular weight is 729 g/mol. The number of hydrogen-bond acceptors (Lipinski definition) is 3. The summed E-state index contributed by atoms with van der Waals surface area (Å²) < 4.78 is 6.25. The summed E-state index contributed by atoms with van der Waals surface area (Å²) in [5.74, 6) is 0.691. The Morgan fingerprint density at radius 3 is 1.67 bits per heavy atom. The van der Waals surface area contributed by atoms with Gasteiger partial charge in [-0.3, -0.25) is 0 Å². The molecule has 0 spiro atoms. The molecule has 268 valence electrons. The van der Waals surface area contributed by atoms with Gasteiger partial charge in [0.1, 0.15) is 11.2 Å². The van der Waals surface area contributed by atoms with Gasteiger partial charge in [0.05, 0.1) is 11.4 Å². The first-order valence-corrected chi connectivity index (χ1v) is 19.5. The third-order valence-electron chi connectivity index (χ3n) is 11.8. The van der Waals surface area contributed by atoms with Crippen molar-refractivity contribution in [2.45, 2.75) is 12.3 Å². The molecule has 1 aliphatic carbocycles. The van der Waals surface area contributed by atoms with Gasteiger partial charge in [-0.15, -0.1) is 0 Å². The maximum Gasteiger partial charge on any atom is 0.160 e. The lowest BCUT2D eigenvalue weighted by atomic mass is 9.74. The molecule has 1 aliphatic rings. The van der Waals surface area contributed by atoms with Gasteiger partial charge in [0.15, 0.2) is 5.82 Å². The topological polar surface area (TPSA) is 38.9 Å². The summed E-state index contributed by atoms with van der Waals surface area (Å²) in [6, 6.07) is 71.1. The van der Waals surface area contributed by atoms with Crippen LogP contribution in [0.5, 0.6) is 0 Å². The molecule has 0 radical (unpaired) electrons. The largest absolute Gasteiger partial charge is 0.456 e. The summed E-state index contributed by atoms with van der Waals surface area (Å²) in [5, 5.41) is 2.25. The van der Waals surface area contributed by atoms with E-state index in [1.54, 1.807) is 0 Å². The van der Waals surface area contributed by atoms with Crippen LogP contribution in [0.1, 0.15) is 23.6 Å². The van der Waals surface area contributed by atoms with Crippen molar-refractivity contribution in [2.24, 2.45) is 0 Å². The summed E-state index contributed by atoms with van der Waals surface area (Å²) in [7, 11) is 0. The zero-order valence-electron chi connectivity index (χ0n) is 31.4. The molecule has 0 bridgehead atoms. The molecule has 1 unspecified atom stereocenters. The molecule has 8 aromatic carbocycles. The van der Waals surface area contributed by atoms with E-state index in [2.05, 4.69) is 177 Å². The molecule has 0 fully saturated rings. The third kappa shape index (κ3) is 5.50. The van der Waals surface area contributed by atoms with Gasteiger partial charge in [-0.05, 0) is 99.5 Å². The van der Waals surface area contributed by atoms with Gasteiger partial charge in [0.25, 0.3) is 0 Å². The Hall–Kier alpha value is -7.36. The van der Waals surface area contributed by atoms with E-state index in [-0.39, 0.29) is 5.41 Å². The molecule has 0 N–H and O–H groups in total. The first-order valence-electron chi connectivity index (χ1n) is 19.5. The molecule has 2 aromatic heterocycles. The molecule has 1 atom stereocenters. The lowest BCUT2D eigenvalue weighted by Gasteiger charge is -2.28. The fraction of sp³-hybridized carbons (Fsp3) is 0.0370. The van der Waals surface area contributed by atoms with Crippen LogP contribution in [0.4, 0.5) is 0 Å². The van der Waals surface area contributed by atoms with Crippen molar-refractivity contribution in [1.29, 1.82) is 0 Å². The van der Waals surface area contributed by atoms with Gasteiger partial charge in [-0.25, -0.2) is 9.97 Å². The van der Waals surface area contributed by atoms with Gasteiger partial charge in [0, 0.05) is 32.9 Å². The van der Waals surface area contributed by atoms with Crippen LogP contribution in [0.3, 0.4) is 0 Å². The first-order chi connectivity index (χ1) is 28.1. The first kappa shape index (κ1) is 33.0. The Morgan fingerprint density at radius 2 is 0.912 bits per heavy atom. The number of hydrogen-bond donors (Lipinski definition) is 0. The van der Waals surface area contributed by atoms with Gasteiger partial charge in [0.2, 0.25) is 0 Å². The summed E-state index contributed by atoms with van der Waals surface area (Å²) in [6.07, 6.45) is 0. The molecule has 10 aromatic rings. The van der Waals surface area contributed by atoms with Crippen molar-refractivity contribution in [2.75, 3.05) is 0 Å². The predicted molar refractivity (Wildman–Crippen MR) is 234 cm³/mol. The predicted octanol–water partition coefficient (Wildman–Crippen LogP) is 14.0. The van der Waals surface area contributed by atoms with E-state index in [4.69, 9.17) is 14.4 Å². The van der Waals surface area contributed by atoms with Crippen LogP contribution in [0.25, 0.3) is 89.2 Å². The molecule has 0 aliphatic heterocycles. The fourth-order valence-corrected chi connectivity index (χ4v) is 8.83. The number of benzene rings is 8. The highest BCUT2D eigenvalue weighted by Crippen LogP contribution is 2.53. The molecule has 0 saturated carbocycles. The molecule has 2 heterocycles. The van der Waals surface area contributed by atoms with Crippen LogP contribution in [-0.4, -0.2) is 9.97 Å². The minimum Gasteiger partial charge on any atom is -0.456 e. The number of aromatic nitrogens is 2. The highest BCUT2D eigenvalue weighted by atomic mass is 16.3. The smallest absolute Gasteiger partial charge is 0.160 e. The second-order valence-electron chi connectivity index (χ2n) is 15.1. The van der Waals surface area contributed by atoms with Gasteiger partial charge >= 0.3 is 0 Å². The van der Waals surface area contributed by atoms with Crippen LogP contribution in [0.15, 0.2) is 205 Å². The zero-order chi connectivity index (χ0) is 37.9. The number of para-hydroxylation sites is 1. The quantitative estimate of drug-likeness (QED) is 0.171. The molecule has 57 heavy (non-hydrogen) atoms. The zero-order valence-corrected chi connectivity index (χ0v) is 31.4. The molecular weight excluding hydrogens is 693 g/mol. The van der Waals surface area contributed by atoms with E-state index < -0.39 is 0 Å². The summed E-state index contributed by atoms with van der Waals surface area (Å²) in [6.45, 7) is 2.37. The highest BCUT2D eigenvalue weighted by molar-refractivity contribution is 6.06. The molecule has 11 rings (SSSR count). The van der Waals surface area contributed by atoms with Crippen molar-refractivity contribution < 1.29 is 4.42 Å². The van der Waals surface area contributed by atoms with Crippen molar-refractivity contribution in [3.63, 3.8) is 0 Å². The van der Waals surface area contributed by atoms with Gasteiger partial charge in [-0.2, -0.15) is 0 Å². The van der Waals surface area contributed by atoms with Crippen LogP contribution < -0.4 is 0 Å². The van der Waals surface area contributed by atoms with E-state index in [1.807, 2.05) is 30.3 Å². The summed E-state index contributed by atoms with van der Waals surface area (Å²) in [5.41, 5.74) is 17.4. The Balaban J connectivity index is 1.01. The van der Waals surface area contributed by atoms with Crippen molar-refractivity contribution in [3.05, 3.63) is 217 Å². The fourth-order valence-electron chi connectivity index (χ4n) is 8.83. The Labute approximate surface area is 331 Å². The standard InChI is InChI=1S/C54H36N2O/c1-54(42-20-6-3-7-21-42)47-24-10-8-22-43(47)44-28-26-38(32-48(44)54)36-16-12-18-40(30-36)49-34-50(56-53(55-49)35-14-4-2-5-15-35)41-19-13-17-37(31-41)39-27-29-46-45-23-9-11-25-51(45)57-52(46)33-39/h2-34H,1H3. The minimum atomic E-state index is -0.265. The maximum absolute atomic E-state index is 6.25. The number of rotatable bonds is 6. The number of fused-ring (bicyclic) bond motifs is 6. The lowest BCUT2D eigenvalue weighted by Crippen LogP contribution is -2.22. The Morgan fingerprint density at radius 1 is 0.368 bits per heavy atom. The molecule has 3 nitrogen and oxygen atoms in total. The van der Waals surface area contributed by atoms with Gasteiger partial charge < -0.3 is 4.42 Å². The second-order valence-corrected chi connectivity index (χ2v) is 15.1. The third-order valence-corrected chi connectivity index (χ3v) is 11.8. The Kier molecular flexibility index (Phi) is 7.61. The van der Waals surface area contributed by atoms with E-state index in [0.29, 0.717) is 5.82 Å². The van der Waals surface area contributed by atoms with E-state index >= 15 is 0 Å². The van der Waals surface area contributed by atoms with Crippen LogP contribution in [0, 0.1) is 0 Å². The van der Waals surface area contributed by atoms with E-state index in [1.165, 1.54) is 33.4 Å². The number of nitrogens with zero attached hydrogens (tertiary/aromatic N) is 2. The van der Waals surface area contributed by atoms with E-state index in [9.17, 15) is 0 Å². The minimum absolute atomic E-state index is 0.265. The maximum atomic E-state index is 6.25. The number of furan rings is 1. The second kappa shape index (κ2) is 13.1. The molecule has 0 amide bonds. The van der Waals surface area contributed by atoms with Gasteiger partial charge in [-0.1, -0.05) is 158 Å². The molecule has 0 saturated heterocycles. The monoisotopic (exact) mass is 728 g/mol. The normalized spacial score (nSPS) is 14.5. The highest BCUT2D eigenvalue weighted by Gasteiger charge is 2.40. The SMILES string of the molecule is CC1(c2ccccc2)c2ccccc2-c2ccc(-c3cccc(-c4cc(-c5cccc(-c6ccc7c(c6)oc6ccccc67)c5)nc(-c5ccccc5)n4)c3)cc21. The lowest BCUT2D eigenvalue weighted by molar-refractivity contribution is 0.669. The summed E-state index contributed by atoms with van der Waals surface area (Å²) >= 11 is 0. The van der Waals surface area contributed by atoms with Crippen molar-refractivity contribution >= 4 is 21.9 Å². The van der Waals surface area contributed by atoms with Crippen LogP contribution >= 0.6 is 0 Å². The Bertz CT molecular complexity index is 3140. The molecule has 3 heteroatoms. The molecular formula is C54H36N2O. The average Bonchev–Trinajstić information content (AvgIpc) is 3.79. The van der Waals surface area contributed by atoms with E-state index in [0.717, 1.165) is 66.7 Å². The van der Waals surface area contributed by atoms with Crippen molar-refractivity contribution in [1.82, 2.24) is 9.97 Å². The van der Waals surface area contributed by atoms with Crippen LogP contribution in [0.2, 0.25) is 0 Å². The summed E-state index contributed by atoms with van der Waals surface area (Å²) in [4.78, 5) is 10.4. The van der Waals surface area contributed by atoms with Crippen LogP contribution in [-0.2, 0) is 5.41 Å².